The van der Waals surface area contributed by atoms with Crippen molar-refractivity contribution in [1.29, 1.82) is 0 Å². The summed E-state index contributed by atoms with van der Waals surface area (Å²) < 4.78 is 67.8. The number of carbonyl (C=O) groups is 6. The number of esters is 3. The fraction of sp³-hybridized carbons (Fsp3) is 0.488. The summed E-state index contributed by atoms with van der Waals surface area (Å²) in [5, 5.41) is 8.17. The van der Waals surface area contributed by atoms with Crippen LogP contribution in [0.2, 0.25) is 0 Å². The van der Waals surface area contributed by atoms with E-state index in [-0.39, 0.29) is 38.1 Å². The zero-order valence-corrected chi connectivity index (χ0v) is 39.5. The van der Waals surface area contributed by atoms with Gasteiger partial charge in [-0.2, -0.15) is 0 Å². The van der Waals surface area contributed by atoms with Gasteiger partial charge in [0.05, 0.1) is 29.2 Å². The summed E-state index contributed by atoms with van der Waals surface area (Å²) in [6, 6.07) is 5.41. The van der Waals surface area contributed by atoms with Crippen LogP contribution < -0.4 is 20.7 Å². The van der Waals surface area contributed by atoms with E-state index in [1.807, 2.05) is 6.92 Å². The minimum atomic E-state index is -4.33. The predicted octanol–water partition coefficient (Wildman–Crippen LogP) is 4.07. The number of carbonyl (C=O) groups excluding carboxylic acids is 6. The average molecular weight is 946 g/mol. The topological polar surface area (TPSA) is 254 Å². The summed E-state index contributed by atoms with van der Waals surface area (Å²) in [4.78, 5) is 82.5. The number of thiophene rings is 1. The molecule has 0 saturated carbocycles. The molecule has 0 fully saturated rings. The molecule has 0 saturated heterocycles. The number of anilines is 1. The van der Waals surface area contributed by atoms with E-state index in [0.29, 0.717) is 70.3 Å². The minimum absolute atomic E-state index is 0.0641. The summed E-state index contributed by atoms with van der Waals surface area (Å²) in [5.74, 6) is -5.54. The largest absolute Gasteiger partial charge is 0.452 e. The van der Waals surface area contributed by atoms with E-state index in [2.05, 4.69) is 39.7 Å². The van der Waals surface area contributed by atoms with Gasteiger partial charge in [0.1, 0.15) is 19.9 Å². The van der Waals surface area contributed by atoms with Crippen LogP contribution in [-0.2, 0) is 53.1 Å². The smallest absolute Gasteiger partial charge is 0.347 e. The second-order valence-corrected chi connectivity index (χ2v) is 21.4. The van der Waals surface area contributed by atoms with Gasteiger partial charge in [-0.1, -0.05) is 20.8 Å². The Hall–Kier alpha value is -5.22. The van der Waals surface area contributed by atoms with E-state index in [1.165, 1.54) is 25.1 Å². The van der Waals surface area contributed by atoms with Gasteiger partial charge in [0.15, 0.2) is 37.7 Å². The van der Waals surface area contributed by atoms with Crippen LogP contribution >= 0.6 is 11.3 Å². The molecule has 64 heavy (non-hydrogen) atoms. The maximum atomic E-state index is 13.3. The highest BCUT2D eigenvalue weighted by Gasteiger charge is 2.40. The van der Waals surface area contributed by atoms with Crippen LogP contribution in [0.4, 0.5) is 5.69 Å². The van der Waals surface area contributed by atoms with Gasteiger partial charge in [-0.25, -0.2) is 21.6 Å². The van der Waals surface area contributed by atoms with Crippen molar-refractivity contribution in [2.45, 2.75) is 107 Å². The van der Waals surface area contributed by atoms with Crippen molar-refractivity contribution in [2.75, 3.05) is 43.8 Å². The molecule has 21 heteroatoms. The molecule has 2 aliphatic heterocycles. The Bertz CT molecular complexity index is 2570. The number of fused-ring (bicyclic) bond motifs is 2. The number of amides is 2. The number of likely N-dealkylation sites (N-methyl/N-ethyl adjacent to an activating group) is 1. The molecule has 2 aliphatic rings. The molecule has 4 atom stereocenters. The zero-order chi connectivity index (χ0) is 47.3. The first-order valence-corrected chi connectivity index (χ1v) is 25.0. The van der Waals surface area contributed by atoms with Crippen molar-refractivity contribution >= 4 is 83.9 Å². The molecular formula is C43H55N5O13S3. The number of ether oxygens (including phenoxy) is 3. The molecule has 18 nitrogen and oxygen atoms in total. The van der Waals surface area contributed by atoms with Crippen LogP contribution in [0.15, 0.2) is 32.7 Å². The van der Waals surface area contributed by atoms with Gasteiger partial charge >= 0.3 is 17.9 Å². The Morgan fingerprint density at radius 1 is 1.00 bits per heavy atom. The number of nitrogens with zero attached hydrogens (tertiary/aromatic N) is 1. The molecule has 5 rings (SSSR count). The Labute approximate surface area is 376 Å². The van der Waals surface area contributed by atoms with Crippen LogP contribution in [0.1, 0.15) is 105 Å². The predicted molar refractivity (Wildman–Crippen MR) is 238 cm³/mol. The number of aromatic amines is 1. The van der Waals surface area contributed by atoms with Crippen LogP contribution in [0.5, 0.6) is 5.75 Å². The van der Waals surface area contributed by atoms with Crippen molar-refractivity contribution in [3.63, 3.8) is 0 Å². The third kappa shape index (κ3) is 11.3. The molecule has 3 aromatic rings. The number of hydrogen-bond donors (Lipinski definition) is 4. The molecule has 1 aromatic carbocycles. The van der Waals surface area contributed by atoms with Gasteiger partial charge in [0.2, 0.25) is 0 Å². The molecular weight excluding hydrogens is 891 g/mol. The van der Waals surface area contributed by atoms with E-state index in [9.17, 15) is 45.6 Å². The standard InChI is InChI=1S/C43H55N5O13S3/c1-9-44-34-18-23(4)64(57,58)43-31(34)21-38(62-43)63(55,56)22-35(49)26(7)60-42(54)27(8)59-36(50)14-15-37(51)61-28-12-13-32-29(19-28)30(40(52)47-32)20-33-24(5)39(25(6)46-33)41(53)45-16-17-48(10-2)11-3/h12-13,19-21,23,26-27,34,44,46H,9-11,14-18,22H2,1-8H3,(H,45,53)(H,47,52)/b30-20-/t23-,26?,27?,34-/m0/s1. The SMILES string of the molecule is CCN[C@H]1C[C@H](C)S(=O)(=O)c2sc(S(=O)(=O)CC(=O)C(C)OC(=O)C(C)OC(=O)CCC(=O)Oc3ccc4c(c3)/C(=C/c3[nH]c(C)c(C(=O)NCCN(CC)CC)c3C)C(=O)N4)cc21. The quantitative estimate of drug-likeness (QED) is 0.0708. The second-order valence-electron chi connectivity index (χ2n) is 15.6. The Morgan fingerprint density at radius 2 is 1.69 bits per heavy atom. The summed E-state index contributed by atoms with van der Waals surface area (Å²) >= 11 is 0.583. The van der Waals surface area contributed by atoms with Crippen molar-refractivity contribution in [3.8, 4) is 5.75 Å². The molecule has 0 aliphatic carbocycles. The third-order valence-electron chi connectivity index (χ3n) is 11.0. The molecule has 2 aromatic heterocycles. The van der Waals surface area contributed by atoms with Crippen molar-refractivity contribution < 1.29 is 59.8 Å². The van der Waals surface area contributed by atoms with E-state index >= 15 is 0 Å². The number of aromatic nitrogens is 1. The molecule has 4 heterocycles. The van der Waals surface area contributed by atoms with Gasteiger partial charge < -0.3 is 40.0 Å². The maximum absolute atomic E-state index is 13.3. The van der Waals surface area contributed by atoms with Crippen LogP contribution in [-0.4, -0.2) is 118 Å². The Balaban J connectivity index is 1.12. The Kier molecular flexibility index (Phi) is 16.1. The highest BCUT2D eigenvalue weighted by atomic mass is 32.3. The molecule has 0 spiro atoms. The first kappa shape index (κ1) is 49.8. The fourth-order valence-electron chi connectivity index (χ4n) is 7.33. The molecule has 2 amide bonds. The Morgan fingerprint density at radius 3 is 2.36 bits per heavy atom. The number of aryl methyl sites for hydroxylation is 1. The van der Waals surface area contributed by atoms with Crippen LogP contribution in [0.3, 0.4) is 0 Å². The maximum Gasteiger partial charge on any atom is 0.347 e. The van der Waals surface area contributed by atoms with Crippen LogP contribution in [0, 0.1) is 13.8 Å². The lowest BCUT2D eigenvalue weighted by atomic mass is 10.0. The first-order valence-electron chi connectivity index (χ1n) is 21.0. The summed E-state index contributed by atoms with van der Waals surface area (Å²) in [7, 11) is -8.10. The number of ketones is 1. The van der Waals surface area contributed by atoms with Gasteiger partial charge in [-0.3, -0.25) is 24.0 Å². The molecule has 2 unspecified atom stereocenters. The highest BCUT2D eigenvalue weighted by molar-refractivity contribution is 7.96. The zero-order valence-electron chi connectivity index (χ0n) is 37.0. The third-order valence-corrected chi connectivity index (χ3v) is 17.1. The van der Waals surface area contributed by atoms with E-state index in [1.54, 1.807) is 32.9 Å². The lowest BCUT2D eigenvalue weighted by molar-refractivity contribution is -0.171. The second kappa shape index (κ2) is 20.7. The van der Waals surface area contributed by atoms with Gasteiger partial charge in [-0.05, 0) is 102 Å². The number of rotatable bonds is 20. The first-order chi connectivity index (χ1) is 30.1. The lowest BCUT2D eigenvalue weighted by Crippen LogP contribution is -2.35. The van der Waals surface area contributed by atoms with Gasteiger partial charge in [0.25, 0.3) is 11.8 Å². The number of hydrogen-bond acceptors (Lipinski definition) is 16. The number of benzene rings is 1. The average Bonchev–Trinajstić information content (AvgIpc) is 3.91. The molecule has 0 radical (unpaired) electrons. The van der Waals surface area contributed by atoms with E-state index in [4.69, 9.17) is 14.2 Å². The number of nitrogens with one attached hydrogen (secondary N) is 4. The number of H-pyrrole nitrogens is 1. The minimum Gasteiger partial charge on any atom is -0.452 e. The normalized spacial score (nSPS) is 18.1. The van der Waals surface area contributed by atoms with Gasteiger partial charge in [-0.15, -0.1) is 11.3 Å². The van der Waals surface area contributed by atoms with Crippen molar-refractivity contribution in [3.05, 3.63) is 57.9 Å². The fourth-order valence-corrected chi connectivity index (χ4v) is 12.7. The monoisotopic (exact) mass is 945 g/mol. The summed E-state index contributed by atoms with van der Waals surface area (Å²) in [6.07, 6.45) is -2.16. The van der Waals surface area contributed by atoms with E-state index < -0.39 is 85.3 Å². The van der Waals surface area contributed by atoms with Crippen molar-refractivity contribution in [2.24, 2.45) is 0 Å². The number of Topliss-reactive ketones (excluding diaryl/α,β-unsaturated/α-hetero) is 1. The van der Waals surface area contributed by atoms with E-state index in [0.717, 1.165) is 20.0 Å². The molecule has 348 valence electrons. The van der Waals surface area contributed by atoms with Crippen molar-refractivity contribution in [1.82, 2.24) is 20.5 Å². The summed E-state index contributed by atoms with van der Waals surface area (Å²) in [5.41, 5.74) is 3.83. The lowest BCUT2D eigenvalue weighted by Gasteiger charge is -2.27. The van der Waals surface area contributed by atoms with Gasteiger partial charge in [0, 0.05) is 41.8 Å². The highest BCUT2D eigenvalue weighted by Crippen LogP contribution is 2.43. The van der Waals surface area contributed by atoms with Crippen LogP contribution in [0.25, 0.3) is 11.6 Å². The number of sulfone groups is 2. The molecule has 0 bridgehead atoms. The molecule has 4 N–H and O–H groups in total. The summed E-state index contributed by atoms with van der Waals surface area (Å²) in [6.45, 7) is 16.9.